The van der Waals surface area contributed by atoms with E-state index in [2.05, 4.69) is 22.9 Å². The number of ether oxygens (including phenoxy) is 2. The molecule has 0 spiro atoms. The fourth-order valence-electron chi connectivity index (χ4n) is 0.458. The lowest BCUT2D eigenvalue weighted by Crippen LogP contribution is -2.25. The summed E-state index contributed by atoms with van der Waals surface area (Å²) < 4.78 is 9.61. The van der Waals surface area contributed by atoms with E-state index in [1.165, 1.54) is 0 Å². The largest absolute Gasteiger partial charge is 0.465 e. The molecular weight excluding hydrogens is 180 g/mol. The van der Waals surface area contributed by atoms with E-state index in [4.69, 9.17) is 9.47 Å². The fraction of sp³-hybridized carbons (Fsp3) is 0.833. The first-order valence-electron chi connectivity index (χ1n) is 3.29. The van der Waals surface area contributed by atoms with Crippen LogP contribution in [0.5, 0.6) is 0 Å². The molecule has 0 rings (SSSR count). The Hall–Kier alpha value is -0.00312. The van der Waals surface area contributed by atoms with Crippen molar-refractivity contribution in [1.82, 2.24) is 0 Å². The first-order valence-corrected chi connectivity index (χ1v) is 4.38. The molecule has 3 nitrogen and oxygen atoms in total. The van der Waals surface area contributed by atoms with Crippen molar-refractivity contribution >= 4 is 28.8 Å². The predicted octanol–water partition coefficient (Wildman–Crippen LogP) is 0.336. The van der Waals surface area contributed by atoms with Crippen LogP contribution in [0.4, 0.5) is 0 Å². The van der Waals surface area contributed by atoms with E-state index in [-0.39, 0.29) is 5.73 Å². The van der Waals surface area contributed by atoms with Gasteiger partial charge in [0.15, 0.2) is 5.44 Å². The molecule has 0 N–H and O–H groups in total. The second-order valence-electron chi connectivity index (χ2n) is 1.89. The van der Waals surface area contributed by atoms with Crippen LogP contribution in [0.25, 0.3) is 0 Å². The number of esters is 1. The molecule has 63 valence electrons. The van der Waals surface area contributed by atoms with E-state index in [9.17, 15) is 4.79 Å². The van der Waals surface area contributed by atoms with Crippen LogP contribution in [0.2, 0.25) is 0 Å². The van der Waals surface area contributed by atoms with Gasteiger partial charge in [-0.3, -0.25) is 0 Å². The summed E-state index contributed by atoms with van der Waals surface area (Å²) >= 11 is 3.86. The zero-order chi connectivity index (χ0) is 8.85. The van der Waals surface area contributed by atoms with Crippen molar-refractivity contribution in [2.75, 3.05) is 6.61 Å². The summed E-state index contributed by atoms with van der Waals surface area (Å²) in [5, 5.41) is 0. The van der Waals surface area contributed by atoms with Gasteiger partial charge in [0.05, 0.1) is 16.0 Å². The van der Waals surface area contributed by atoms with Gasteiger partial charge in [-0.1, -0.05) is 0 Å². The van der Waals surface area contributed by atoms with E-state index in [0.717, 1.165) is 0 Å². The first-order chi connectivity index (χ1) is 5.07. The second kappa shape index (κ2) is 5.62. The molecule has 11 heavy (non-hydrogen) atoms. The third kappa shape index (κ3) is 5.29. The van der Waals surface area contributed by atoms with Crippen molar-refractivity contribution in [3.63, 3.8) is 0 Å². The summed E-state index contributed by atoms with van der Waals surface area (Å²) in [7, 11) is 3.11. The minimum Gasteiger partial charge on any atom is -0.465 e. The number of thiol groups is 1. The van der Waals surface area contributed by atoms with E-state index < -0.39 is 11.4 Å². The summed E-state index contributed by atoms with van der Waals surface area (Å²) in [5.41, 5.74) is -1.09. The standard InChI is InChI=1S/C6H11O3SSi/c1-3-8-6(10)5(7)9-4(2)11/h4,6,10H,3H2,1-2H3. The Bertz CT molecular complexity index is 129. The lowest BCUT2D eigenvalue weighted by molar-refractivity contribution is -0.152. The van der Waals surface area contributed by atoms with E-state index in [0.29, 0.717) is 6.61 Å². The van der Waals surface area contributed by atoms with Gasteiger partial charge < -0.3 is 9.47 Å². The monoisotopic (exact) mass is 191 g/mol. The molecule has 5 heteroatoms. The van der Waals surface area contributed by atoms with Crippen LogP contribution in [0.3, 0.4) is 0 Å². The van der Waals surface area contributed by atoms with Gasteiger partial charge in [-0.15, -0.1) is 12.6 Å². The Labute approximate surface area is 75.3 Å². The van der Waals surface area contributed by atoms with Crippen molar-refractivity contribution < 1.29 is 14.3 Å². The number of hydrogen-bond donors (Lipinski definition) is 1. The molecule has 2 unspecified atom stereocenters. The second-order valence-corrected chi connectivity index (χ2v) is 3.17. The summed E-state index contributed by atoms with van der Waals surface area (Å²) in [5.74, 6) is -0.474. The summed E-state index contributed by atoms with van der Waals surface area (Å²) in [6, 6.07) is 0. The number of hydrogen-bond acceptors (Lipinski definition) is 4. The molecule has 0 saturated heterocycles. The van der Waals surface area contributed by atoms with Gasteiger partial charge in [0.25, 0.3) is 0 Å². The first kappa shape index (κ1) is 11.0. The van der Waals surface area contributed by atoms with Gasteiger partial charge >= 0.3 is 5.97 Å². The van der Waals surface area contributed by atoms with Crippen LogP contribution in [-0.2, 0) is 14.3 Å². The minimum atomic E-state index is -0.779. The molecule has 2 atom stereocenters. The smallest absolute Gasteiger partial charge is 0.345 e. The maximum atomic E-state index is 10.9. The van der Waals surface area contributed by atoms with Crippen molar-refractivity contribution in [3.8, 4) is 0 Å². The van der Waals surface area contributed by atoms with Crippen LogP contribution in [0.15, 0.2) is 0 Å². The van der Waals surface area contributed by atoms with Gasteiger partial charge in [-0.25, -0.2) is 4.79 Å². The zero-order valence-corrected chi connectivity index (χ0v) is 8.43. The molecule has 0 aromatic heterocycles. The summed E-state index contributed by atoms with van der Waals surface area (Å²) in [6.07, 6.45) is 0. The van der Waals surface area contributed by atoms with Crippen LogP contribution in [-0.4, -0.2) is 34.0 Å². The third-order valence-corrected chi connectivity index (χ3v) is 1.30. The quantitative estimate of drug-likeness (QED) is 0.301. The highest BCUT2D eigenvalue weighted by Gasteiger charge is 2.15. The minimum absolute atomic E-state index is 0.308. The highest BCUT2D eigenvalue weighted by atomic mass is 32.1. The van der Waals surface area contributed by atoms with Crippen molar-refractivity contribution in [3.05, 3.63) is 0 Å². The Morgan fingerprint density at radius 3 is 2.64 bits per heavy atom. The van der Waals surface area contributed by atoms with Gasteiger partial charge in [0, 0.05) is 6.61 Å². The Kier molecular flexibility index (Phi) is 5.62. The Balaban J connectivity index is 3.64. The molecule has 0 fully saturated rings. The molecule has 3 radical (unpaired) electrons. The Morgan fingerprint density at radius 2 is 2.27 bits per heavy atom. The summed E-state index contributed by atoms with van der Waals surface area (Å²) in [4.78, 5) is 10.9. The lowest BCUT2D eigenvalue weighted by atomic mass is 10.7. The zero-order valence-electron chi connectivity index (χ0n) is 6.53. The fourth-order valence-corrected chi connectivity index (χ4v) is 0.784. The highest BCUT2D eigenvalue weighted by Crippen LogP contribution is 2.01. The van der Waals surface area contributed by atoms with E-state index >= 15 is 0 Å². The average molecular weight is 191 g/mol. The number of carbonyl (C=O) groups is 1. The molecule has 0 aliphatic carbocycles. The SMILES string of the molecule is CCOC(S)C(=O)OC(C)[Si]. The van der Waals surface area contributed by atoms with Crippen LogP contribution < -0.4 is 0 Å². The van der Waals surface area contributed by atoms with E-state index in [1.807, 2.05) is 0 Å². The van der Waals surface area contributed by atoms with Crippen LogP contribution in [0.1, 0.15) is 13.8 Å². The third-order valence-electron chi connectivity index (χ3n) is 0.819. The van der Waals surface area contributed by atoms with Gasteiger partial charge in [0.1, 0.15) is 0 Å². The molecule has 0 aromatic carbocycles. The maximum Gasteiger partial charge on any atom is 0.345 e. The highest BCUT2D eigenvalue weighted by molar-refractivity contribution is 7.81. The summed E-state index contributed by atoms with van der Waals surface area (Å²) in [6.45, 7) is 3.92. The molecular formula is C6H11O3SSi. The molecule has 0 aliphatic heterocycles. The molecule has 0 heterocycles. The van der Waals surface area contributed by atoms with Gasteiger partial charge in [-0.05, 0) is 13.8 Å². The molecule has 0 aromatic rings. The number of carbonyl (C=O) groups excluding carboxylic acids is 1. The maximum absolute atomic E-state index is 10.9. The van der Waals surface area contributed by atoms with Crippen molar-refractivity contribution in [1.29, 1.82) is 0 Å². The topological polar surface area (TPSA) is 35.5 Å². The molecule has 0 bridgehead atoms. The van der Waals surface area contributed by atoms with Crippen molar-refractivity contribution in [2.45, 2.75) is 25.0 Å². The van der Waals surface area contributed by atoms with E-state index in [1.54, 1.807) is 13.8 Å². The average Bonchev–Trinajstić information content (AvgIpc) is 1.86. The van der Waals surface area contributed by atoms with Gasteiger partial charge in [-0.2, -0.15) is 0 Å². The lowest BCUT2D eigenvalue weighted by Gasteiger charge is -2.12. The normalized spacial score (nSPS) is 15.6. The molecule has 0 amide bonds. The molecule has 0 saturated carbocycles. The predicted molar refractivity (Wildman–Crippen MR) is 45.7 cm³/mol. The molecule has 0 aliphatic rings. The Morgan fingerprint density at radius 1 is 1.73 bits per heavy atom. The number of rotatable bonds is 4. The van der Waals surface area contributed by atoms with Crippen LogP contribution in [0, 0.1) is 0 Å². The van der Waals surface area contributed by atoms with Crippen molar-refractivity contribution in [2.24, 2.45) is 0 Å². The van der Waals surface area contributed by atoms with Crippen LogP contribution >= 0.6 is 12.6 Å². The van der Waals surface area contributed by atoms with Gasteiger partial charge in [0.2, 0.25) is 0 Å².